The number of carbonyl (C=O) groups excluding carboxylic acids is 1. The summed E-state index contributed by atoms with van der Waals surface area (Å²) in [6.45, 7) is 1.88. The molecule has 2 aromatic carbocycles. The Bertz CT molecular complexity index is 1150. The van der Waals surface area contributed by atoms with Crippen LogP contribution in [0.1, 0.15) is 40.3 Å². The van der Waals surface area contributed by atoms with Gasteiger partial charge in [0.2, 0.25) is 0 Å². The number of nitro benzene ring substituents is 1. The first-order valence-electron chi connectivity index (χ1n) is 9.98. The summed E-state index contributed by atoms with van der Waals surface area (Å²) in [6.07, 6.45) is 2.35. The fourth-order valence-electron chi connectivity index (χ4n) is 3.69. The Labute approximate surface area is 179 Å². The number of nitrogens with zero attached hydrogens (tertiary/aromatic N) is 3. The Morgan fingerprint density at radius 2 is 1.84 bits per heavy atom. The van der Waals surface area contributed by atoms with Gasteiger partial charge in [0.1, 0.15) is 5.76 Å². The first kappa shape index (κ1) is 20.3. The number of rotatable bonds is 5. The number of nitro groups is 1. The lowest BCUT2D eigenvalue weighted by Gasteiger charge is -2.16. The molecule has 1 N–H and O–H groups in total. The van der Waals surface area contributed by atoms with Crippen molar-refractivity contribution in [1.29, 1.82) is 0 Å². The second-order valence-electron chi connectivity index (χ2n) is 7.38. The zero-order valence-corrected chi connectivity index (χ0v) is 17.3. The third-order valence-electron chi connectivity index (χ3n) is 5.37. The van der Waals surface area contributed by atoms with Crippen LogP contribution in [-0.2, 0) is 6.42 Å². The molecule has 0 bridgehead atoms. The first-order chi connectivity index (χ1) is 15.0. The molecule has 8 nitrogen and oxygen atoms in total. The van der Waals surface area contributed by atoms with E-state index in [1.165, 1.54) is 12.1 Å². The van der Waals surface area contributed by atoms with E-state index < -0.39 is 4.92 Å². The molecule has 8 heteroatoms. The summed E-state index contributed by atoms with van der Waals surface area (Å²) >= 11 is 0. The number of hydrazone groups is 1. The number of carbonyl (C=O) groups is 1. The molecule has 1 aromatic heterocycles. The number of non-ortho nitro benzene ring substituents is 1. The highest BCUT2D eigenvalue weighted by molar-refractivity contribution is 6.10. The van der Waals surface area contributed by atoms with Crippen molar-refractivity contribution in [3.05, 3.63) is 87.4 Å². The average Bonchev–Trinajstić information content (AvgIpc) is 3.14. The second kappa shape index (κ2) is 8.43. The maximum Gasteiger partial charge on any atom is 0.294 e. The van der Waals surface area contributed by atoms with Gasteiger partial charge in [0.25, 0.3) is 11.6 Å². The molecule has 1 aliphatic carbocycles. The molecular formula is C23H22N4O4. The van der Waals surface area contributed by atoms with Gasteiger partial charge < -0.3 is 9.32 Å². The minimum absolute atomic E-state index is 0.0227. The van der Waals surface area contributed by atoms with Crippen LogP contribution in [0.25, 0.3) is 0 Å². The molecule has 1 aliphatic rings. The summed E-state index contributed by atoms with van der Waals surface area (Å²) in [6, 6.07) is 15.5. The number of para-hydroxylation sites is 1. The zero-order chi connectivity index (χ0) is 22.0. The van der Waals surface area contributed by atoms with E-state index in [9.17, 15) is 14.9 Å². The maximum absolute atomic E-state index is 13.1. The van der Waals surface area contributed by atoms with Crippen LogP contribution >= 0.6 is 0 Å². The predicted octanol–water partition coefficient (Wildman–Crippen LogP) is 4.93. The van der Waals surface area contributed by atoms with Crippen LogP contribution in [0, 0.1) is 17.0 Å². The summed E-state index contributed by atoms with van der Waals surface area (Å²) in [5.74, 6) is 0.875. The van der Waals surface area contributed by atoms with Crippen LogP contribution in [-0.4, -0.2) is 23.6 Å². The van der Waals surface area contributed by atoms with Gasteiger partial charge in [-0.2, -0.15) is 5.10 Å². The number of hydrogen-bond acceptors (Lipinski definition) is 6. The van der Waals surface area contributed by atoms with Gasteiger partial charge in [0.15, 0.2) is 5.76 Å². The lowest BCUT2D eigenvalue weighted by Crippen LogP contribution is -2.26. The fraction of sp³-hybridized carbons (Fsp3) is 0.217. The molecular weight excluding hydrogens is 396 g/mol. The van der Waals surface area contributed by atoms with E-state index in [-0.39, 0.29) is 11.6 Å². The van der Waals surface area contributed by atoms with Crippen molar-refractivity contribution >= 4 is 28.7 Å². The number of furan rings is 1. The first-order valence-corrected chi connectivity index (χ1v) is 9.98. The third-order valence-corrected chi connectivity index (χ3v) is 5.37. The van der Waals surface area contributed by atoms with Gasteiger partial charge in [-0.1, -0.05) is 18.2 Å². The molecule has 0 saturated heterocycles. The third kappa shape index (κ3) is 4.05. The fourth-order valence-corrected chi connectivity index (χ4v) is 3.69. The van der Waals surface area contributed by atoms with Gasteiger partial charge >= 0.3 is 0 Å². The molecule has 1 amide bonds. The number of benzene rings is 2. The normalized spacial score (nSPS) is 14.2. The van der Waals surface area contributed by atoms with E-state index >= 15 is 0 Å². The van der Waals surface area contributed by atoms with Gasteiger partial charge in [-0.05, 0) is 44.0 Å². The van der Waals surface area contributed by atoms with Crippen molar-refractivity contribution in [3.8, 4) is 0 Å². The Balaban J connectivity index is 1.60. The highest BCUT2D eigenvalue weighted by Gasteiger charge is 2.29. The van der Waals surface area contributed by atoms with E-state index in [2.05, 4.69) is 10.5 Å². The molecule has 3 aromatic rings. The molecule has 0 saturated carbocycles. The molecule has 0 aliphatic heterocycles. The van der Waals surface area contributed by atoms with Crippen LogP contribution < -0.4 is 10.3 Å². The zero-order valence-electron chi connectivity index (χ0n) is 17.3. The quantitative estimate of drug-likeness (QED) is 0.468. The average molecular weight is 418 g/mol. The Hall–Kier alpha value is -3.94. The minimum Gasteiger partial charge on any atom is -0.455 e. The van der Waals surface area contributed by atoms with E-state index in [1.54, 1.807) is 24.1 Å². The molecule has 1 heterocycles. The Kier molecular flexibility index (Phi) is 5.53. The van der Waals surface area contributed by atoms with Crippen molar-refractivity contribution in [3.63, 3.8) is 0 Å². The van der Waals surface area contributed by atoms with Gasteiger partial charge in [-0.15, -0.1) is 0 Å². The molecule has 4 rings (SSSR count). The number of amides is 1. The number of hydrogen-bond donors (Lipinski definition) is 1. The van der Waals surface area contributed by atoms with Crippen molar-refractivity contribution in [1.82, 2.24) is 0 Å². The molecule has 0 radical (unpaired) electrons. The SMILES string of the molecule is Cc1c(C(=O)N(C)c2ccccc2)oc2c1/C(=N/Nc1ccc([N+](=O)[O-])cc1)CCC2. The highest BCUT2D eigenvalue weighted by atomic mass is 16.6. The van der Waals surface area contributed by atoms with E-state index in [0.717, 1.165) is 47.5 Å². The van der Waals surface area contributed by atoms with E-state index in [4.69, 9.17) is 4.42 Å². The van der Waals surface area contributed by atoms with Crippen LogP contribution in [0.15, 0.2) is 64.1 Å². The molecule has 0 atom stereocenters. The van der Waals surface area contributed by atoms with Crippen molar-refractivity contribution in [2.24, 2.45) is 5.10 Å². The highest BCUT2D eigenvalue weighted by Crippen LogP contribution is 2.31. The Morgan fingerprint density at radius 1 is 1.13 bits per heavy atom. The molecule has 0 spiro atoms. The van der Waals surface area contributed by atoms with Gasteiger partial charge in [-0.3, -0.25) is 20.3 Å². The van der Waals surface area contributed by atoms with Gasteiger partial charge in [-0.25, -0.2) is 0 Å². The number of anilines is 2. The van der Waals surface area contributed by atoms with Crippen LogP contribution in [0.4, 0.5) is 17.1 Å². The smallest absolute Gasteiger partial charge is 0.294 e. The summed E-state index contributed by atoms with van der Waals surface area (Å²) in [5.41, 5.74) is 6.86. The summed E-state index contributed by atoms with van der Waals surface area (Å²) in [4.78, 5) is 25.0. The van der Waals surface area contributed by atoms with Crippen molar-refractivity contribution < 1.29 is 14.1 Å². The molecule has 158 valence electrons. The summed E-state index contributed by atoms with van der Waals surface area (Å²) < 4.78 is 5.99. The van der Waals surface area contributed by atoms with Gasteiger partial charge in [0.05, 0.1) is 16.3 Å². The standard InChI is InChI=1S/C23H22N4O4/c1-15-21-19(25-24-16-11-13-18(14-12-16)27(29)30)9-6-10-20(21)31-22(15)23(28)26(2)17-7-4-3-5-8-17/h3-5,7-8,11-14,24H,6,9-10H2,1-2H3/b25-19+. The molecule has 0 unspecified atom stereocenters. The largest absolute Gasteiger partial charge is 0.455 e. The number of fused-ring (bicyclic) bond motifs is 1. The minimum atomic E-state index is -0.442. The number of aryl methyl sites for hydroxylation is 1. The van der Waals surface area contributed by atoms with Crippen LogP contribution in [0.2, 0.25) is 0 Å². The van der Waals surface area contributed by atoms with Gasteiger partial charge in [0, 0.05) is 42.4 Å². The van der Waals surface area contributed by atoms with Crippen LogP contribution in [0.3, 0.4) is 0 Å². The predicted molar refractivity (Wildman–Crippen MR) is 119 cm³/mol. The lowest BCUT2D eigenvalue weighted by molar-refractivity contribution is -0.384. The monoisotopic (exact) mass is 418 g/mol. The van der Waals surface area contributed by atoms with Crippen molar-refractivity contribution in [2.75, 3.05) is 17.4 Å². The topological polar surface area (TPSA) is 101 Å². The lowest BCUT2D eigenvalue weighted by atomic mass is 9.93. The van der Waals surface area contributed by atoms with E-state index in [1.807, 2.05) is 37.3 Å². The van der Waals surface area contributed by atoms with E-state index in [0.29, 0.717) is 11.4 Å². The summed E-state index contributed by atoms with van der Waals surface area (Å²) in [5, 5.41) is 15.3. The Morgan fingerprint density at radius 3 is 2.52 bits per heavy atom. The molecule has 0 fully saturated rings. The van der Waals surface area contributed by atoms with Crippen molar-refractivity contribution in [2.45, 2.75) is 26.2 Å². The maximum atomic E-state index is 13.1. The second-order valence-corrected chi connectivity index (χ2v) is 7.38. The molecule has 31 heavy (non-hydrogen) atoms. The van der Waals surface area contributed by atoms with Crippen LogP contribution in [0.5, 0.6) is 0 Å². The number of nitrogens with one attached hydrogen (secondary N) is 1. The summed E-state index contributed by atoms with van der Waals surface area (Å²) in [7, 11) is 1.73.